The molecule has 0 spiro atoms. The highest BCUT2D eigenvalue weighted by Crippen LogP contribution is 2.14. The standard InChI is InChI=1S/C11H25NO3SSi/c1-12(2)11(15)5-7-16-6-4-8-17(3,9-13)10-14/h13-14H,4-10H2,1-3H3. The van der Waals surface area contributed by atoms with Gasteiger partial charge in [-0.1, -0.05) is 12.6 Å². The first-order valence-electron chi connectivity index (χ1n) is 5.95. The second kappa shape index (κ2) is 8.96. The third-order valence-corrected chi connectivity index (χ3v) is 6.95. The van der Waals surface area contributed by atoms with Crippen molar-refractivity contribution in [2.24, 2.45) is 0 Å². The van der Waals surface area contributed by atoms with Gasteiger partial charge in [0.15, 0.2) is 0 Å². The van der Waals surface area contributed by atoms with E-state index in [2.05, 4.69) is 0 Å². The van der Waals surface area contributed by atoms with E-state index in [-0.39, 0.29) is 18.4 Å². The number of amides is 1. The van der Waals surface area contributed by atoms with Crippen molar-refractivity contribution in [3.63, 3.8) is 0 Å². The molecule has 0 aliphatic heterocycles. The molecule has 17 heavy (non-hydrogen) atoms. The lowest BCUT2D eigenvalue weighted by molar-refractivity contribution is -0.128. The van der Waals surface area contributed by atoms with Crippen LogP contribution in [-0.2, 0) is 4.79 Å². The largest absolute Gasteiger partial charge is 0.400 e. The minimum absolute atomic E-state index is 0.160. The lowest BCUT2D eigenvalue weighted by atomic mass is 10.4. The van der Waals surface area contributed by atoms with E-state index >= 15 is 0 Å². The molecule has 0 heterocycles. The summed E-state index contributed by atoms with van der Waals surface area (Å²) >= 11 is 1.77. The van der Waals surface area contributed by atoms with Crippen LogP contribution in [0.15, 0.2) is 0 Å². The Hall–Kier alpha value is -0.0431. The van der Waals surface area contributed by atoms with E-state index in [1.165, 1.54) is 0 Å². The van der Waals surface area contributed by atoms with Gasteiger partial charge in [-0.15, -0.1) is 0 Å². The molecule has 0 atom stereocenters. The number of nitrogens with zero attached hydrogens (tertiary/aromatic N) is 1. The van der Waals surface area contributed by atoms with Crippen molar-refractivity contribution in [3.05, 3.63) is 0 Å². The van der Waals surface area contributed by atoms with Gasteiger partial charge in [0.2, 0.25) is 5.91 Å². The summed E-state index contributed by atoms with van der Waals surface area (Å²) in [5.74, 6) is 2.03. The summed E-state index contributed by atoms with van der Waals surface area (Å²) in [5, 5.41) is 18.3. The van der Waals surface area contributed by atoms with Gasteiger partial charge in [0, 0.05) is 38.7 Å². The van der Waals surface area contributed by atoms with Crippen molar-refractivity contribution in [1.29, 1.82) is 0 Å². The quantitative estimate of drug-likeness (QED) is 0.482. The molecule has 2 N–H and O–H groups in total. The van der Waals surface area contributed by atoms with Gasteiger partial charge >= 0.3 is 0 Å². The molecule has 0 aromatic heterocycles. The smallest absolute Gasteiger partial charge is 0.222 e. The molecule has 102 valence electrons. The zero-order valence-corrected chi connectivity index (χ0v) is 12.9. The predicted octanol–water partition coefficient (Wildman–Crippen LogP) is 0.730. The van der Waals surface area contributed by atoms with Gasteiger partial charge in [0.05, 0.1) is 0 Å². The molecule has 0 aromatic carbocycles. The van der Waals surface area contributed by atoms with Crippen LogP contribution in [0.2, 0.25) is 12.6 Å². The number of carbonyl (C=O) groups is 1. The van der Waals surface area contributed by atoms with Crippen LogP contribution >= 0.6 is 11.8 Å². The van der Waals surface area contributed by atoms with Gasteiger partial charge < -0.3 is 15.1 Å². The van der Waals surface area contributed by atoms with Gasteiger partial charge in [-0.25, -0.2) is 0 Å². The second-order valence-electron chi connectivity index (χ2n) is 4.88. The third-order valence-electron chi connectivity index (χ3n) is 2.79. The fourth-order valence-corrected chi connectivity index (χ4v) is 3.87. The number of aliphatic hydroxyl groups is 2. The van der Waals surface area contributed by atoms with Crippen molar-refractivity contribution in [2.45, 2.75) is 25.4 Å². The molecule has 0 saturated heterocycles. The average molecular weight is 279 g/mol. The molecule has 0 rings (SSSR count). The highest BCUT2D eigenvalue weighted by Gasteiger charge is 2.24. The molecule has 0 unspecified atom stereocenters. The maximum absolute atomic E-state index is 11.3. The summed E-state index contributed by atoms with van der Waals surface area (Å²) in [6, 6.07) is 0.953. The van der Waals surface area contributed by atoms with Crippen molar-refractivity contribution in [1.82, 2.24) is 4.90 Å². The number of thioether (sulfide) groups is 1. The van der Waals surface area contributed by atoms with Crippen LogP contribution in [0.1, 0.15) is 12.8 Å². The molecule has 0 radical (unpaired) electrons. The van der Waals surface area contributed by atoms with E-state index < -0.39 is 8.07 Å². The molecule has 1 amide bonds. The molecule has 0 bridgehead atoms. The lowest BCUT2D eigenvalue weighted by Crippen LogP contribution is -2.40. The maximum Gasteiger partial charge on any atom is 0.222 e. The number of aliphatic hydroxyl groups excluding tert-OH is 2. The molecule has 0 saturated carbocycles. The second-order valence-corrected chi connectivity index (χ2v) is 10.9. The van der Waals surface area contributed by atoms with Crippen LogP contribution in [0.5, 0.6) is 0 Å². The maximum atomic E-state index is 11.3. The molecular formula is C11H25NO3SSi. The van der Waals surface area contributed by atoms with E-state index in [9.17, 15) is 4.79 Å². The molecule has 0 aliphatic carbocycles. The fraction of sp³-hybridized carbons (Fsp3) is 0.909. The van der Waals surface area contributed by atoms with E-state index in [4.69, 9.17) is 10.2 Å². The van der Waals surface area contributed by atoms with Crippen LogP contribution in [0.3, 0.4) is 0 Å². The fourth-order valence-electron chi connectivity index (χ4n) is 1.29. The Morgan fingerprint density at radius 3 is 2.29 bits per heavy atom. The van der Waals surface area contributed by atoms with Crippen LogP contribution < -0.4 is 0 Å². The monoisotopic (exact) mass is 279 g/mol. The first-order chi connectivity index (χ1) is 7.95. The summed E-state index contributed by atoms with van der Waals surface area (Å²) in [4.78, 5) is 12.9. The zero-order chi connectivity index (χ0) is 13.3. The van der Waals surface area contributed by atoms with E-state index in [0.29, 0.717) is 6.42 Å². The van der Waals surface area contributed by atoms with Crippen molar-refractivity contribution >= 4 is 25.7 Å². The summed E-state index contributed by atoms with van der Waals surface area (Å²) in [7, 11) is 1.77. The molecule has 0 aliphatic rings. The lowest BCUT2D eigenvalue weighted by Gasteiger charge is -2.21. The minimum Gasteiger partial charge on any atom is -0.400 e. The van der Waals surface area contributed by atoms with Gasteiger partial charge in [-0.2, -0.15) is 11.8 Å². The summed E-state index contributed by atoms with van der Waals surface area (Å²) in [6.07, 6.45) is 1.93. The predicted molar refractivity (Wildman–Crippen MR) is 75.8 cm³/mol. The first-order valence-corrected chi connectivity index (χ1v) is 10.2. The zero-order valence-electron chi connectivity index (χ0n) is 11.1. The number of rotatable bonds is 9. The SMILES string of the molecule is CN(C)C(=O)CCSCCC[Si](C)(CO)CO. The highest BCUT2D eigenvalue weighted by atomic mass is 32.2. The number of hydrogen-bond donors (Lipinski definition) is 2. The Labute approximate surface area is 109 Å². The van der Waals surface area contributed by atoms with Crippen molar-refractivity contribution in [3.8, 4) is 0 Å². The van der Waals surface area contributed by atoms with Crippen LogP contribution in [0.25, 0.3) is 0 Å². The Morgan fingerprint density at radius 1 is 1.24 bits per heavy atom. The molecule has 4 nitrogen and oxygen atoms in total. The molecular weight excluding hydrogens is 254 g/mol. The Morgan fingerprint density at radius 2 is 1.82 bits per heavy atom. The third kappa shape index (κ3) is 7.80. The van der Waals surface area contributed by atoms with Gasteiger partial charge in [-0.05, 0) is 12.2 Å². The van der Waals surface area contributed by atoms with Crippen LogP contribution in [0, 0.1) is 0 Å². The minimum atomic E-state index is -1.77. The summed E-state index contributed by atoms with van der Waals surface area (Å²) in [6.45, 7) is 2.02. The normalized spacial score (nSPS) is 11.6. The van der Waals surface area contributed by atoms with Crippen molar-refractivity contribution in [2.75, 3.05) is 38.1 Å². The number of carbonyl (C=O) groups excluding carboxylic acids is 1. The molecule has 6 heteroatoms. The summed E-state index contributed by atoms with van der Waals surface area (Å²) in [5.41, 5.74) is 0. The Kier molecular flexibility index (Phi) is 8.94. The van der Waals surface area contributed by atoms with Crippen LogP contribution in [0.4, 0.5) is 0 Å². The van der Waals surface area contributed by atoms with Crippen molar-refractivity contribution < 1.29 is 15.0 Å². The molecule has 0 aromatic rings. The topological polar surface area (TPSA) is 60.8 Å². The van der Waals surface area contributed by atoms with Gasteiger partial charge in [0.1, 0.15) is 8.07 Å². The van der Waals surface area contributed by atoms with E-state index in [1.54, 1.807) is 30.8 Å². The van der Waals surface area contributed by atoms with E-state index in [0.717, 1.165) is 24.0 Å². The average Bonchev–Trinajstić information content (AvgIpc) is 2.32. The van der Waals surface area contributed by atoms with E-state index in [1.807, 2.05) is 6.55 Å². The van der Waals surface area contributed by atoms with Gasteiger partial charge in [0.25, 0.3) is 0 Å². The van der Waals surface area contributed by atoms with Gasteiger partial charge in [-0.3, -0.25) is 4.79 Å². The Balaban J connectivity index is 3.50. The molecule has 0 fully saturated rings. The Bertz CT molecular complexity index is 223. The number of hydrogen-bond acceptors (Lipinski definition) is 4. The highest BCUT2D eigenvalue weighted by molar-refractivity contribution is 7.99. The first kappa shape index (κ1) is 17.0. The summed E-state index contributed by atoms with van der Waals surface area (Å²) < 4.78 is 0. The van der Waals surface area contributed by atoms with Crippen LogP contribution in [-0.4, -0.2) is 67.2 Å².